The Balaban J connectivity index is 1.84. The molecule has 1 aliphatic carbocycles. The van der Waals surface area contributed by atoms with Crippen LogP contribution in [0.5, 0.6) is 0 Å². The summed E-state index contributed by atoms with van der Waals surface area (Å²) in [7, 11) is 0. The van der Waals surface area contributed by atoms with Crippen molar-refractivity contribution in [2.45, 2.75) is 58.6 Å². The van der Waals surface area contributed by atoms with E-state index in [-0.39, 0.29) is 12.0 Å². The summed E-state index contributed by atoms with van der Waals surface area (Å²) in [5.74, 6) is -0.00749. The van der Waals surface area contributed by atoms with E-state index in [9.17, 15) is 9.59 Å². The van der Waals surface area contributed by atoms with Crippen LogP contribution in [0.2, 0.25) is 0 Å². The van der Waals surface area contributed by atoms with Crippen molar-refractivity contribution in [3.8, 4) is 11.4 Å². The van der Waals surface area contributed by atoms with Crippen molar-refractivity contribution in [3.05, 3.63) is 41.7 Å². The van der Waals surface area contributed by atoms with Gasteiger partial charge in [0.15, 0.2) is 0 Å². The van der Waals surface area contributed by atoms with E-state index in [4.69, 9.17) is 9.47 Å². The fourth-order valence-corrected chi connectivity index (χ4v) is 3.22. The molecule has 2 aromatic heterocycles. The highest BCUT2D eigenvalue weighted by Crippen LogP contribution is 2.35. The van der Waals surface area contributed by atoms with Crippen LogP contribution in [0, 0.1) is 5.92 Å². The van der Waals surface area contributed by atoms with Crippen LogP contribution in [0.4, 0.5) is 4.79 Å². The number of aromatic nitrogens is 2. The number of carbonyl (C=O) groups excluding carboxylic acids is 2. The first kappa shape index (κ1) is 20.9. The Labute approximate surface area is 171 Å². The molecular formula is C22H29N3O4. The zero-order valence-corrected chi connectivity index (χ0v) is 17.5. The minimum Gasteiger partial charge on any atom is -0.462 e. The highest BCUT2D eigenvalue weighted by Gasteiger charge is 2.35. The van der Waals surface area contributed by atoms with Gasteiger partial charge in [-0.2, -0.15) is 0 Å². The Morgan fingerprint density at radius 2 is 2.07 bits per heavy atom. The second-order valence-electron chi connectivity index (χ2n) is 8.30. The first-order valence-electron chi connectivity index (χ1n) is 10.1. The lowest BCUT2D eigenvalue weighted by molar-refractivity contribution is 0.0497. The Hall–Kier alpha value is -2.83. The first-order valence-corrected chi connectivity index (χ1v) is 10.1. The predicted octanol–water partition coefficient (Wildman–Crippen LogP) is 4.10. The molecule has 0 bridgehead atoms. The van der Waals surface area contributed by atoms with Gasteiger partial charge in [-0.3, -0.25) is 4.98 Å². The van der Waals surface area contributed by atoms with E-state index >= 15 is 0 Å². The third kappa shape index (κ3) is 5.82. The fraction of sp³-hybridized carbons (Fsp3) is 0.500. The van der Waals surface area contributed by atoms with Gasteiger partial charge in [0, 0.05) is 24.4 Å². The van der Waals surface area contributed by atoms with Gasteiger partial charge >= 0.3 is 12.1 Å². The van der Waals surface area contributed by atoms with Crippen LogP contribution in [0.3, 0.4) is 0 Å². The predicted molar refractivity (Wildman–Crippen MR) is 110 cm³/mol. The van der Waals surface area contributed by atoms with Crippen molar-refractivity contribution in [2.24, 2.45) is 5.92 Å². The molecule has 2 heterocycles. The first-order chi connectivity index (χ1) is 13.8. The molecule has 156 valence electrons. The number of amides is 1. The van der Waals surface area contributed by atoms with Gasteiger partial charge in [-0.25, -0.2) is 9.59 Å². The number of rotatable bonds is 7. The monoisotopic (exact) mass is 399 g/mol. The summed E-state index contributed by atoms with van der Waals surface area (Å²) in [6, 6.07) is 7.26. The largest absolute Gasteiger partial charge is 0.462 e. The molecular weight excluding hydrogens is 370 g/mol. The maximum atomic E-state index is 12.5. The van der Waals surface area contributed by atoms with Gasteiger partial charge in [-0.15, -0.1) is 0 Å². The number of aromatic amines is 1. The van der Waals surface area contributed by atoms with Gasteiger partial charge in [0.05, 0.1) is 23.6 Å². The van der Waals surface area contributed by atoms with Gasteiger partial charge in [0.2, 0.25) is 0 Å². The number of hydrogen-bond donors (Lipinski definition) is 2. The average Bonchev–Trinajstić information content (AvgIpc) is 3.41. The second kappa shape index (κ2) is 8.68. The van der Waals surface area contributed by atoms with Gasteiger partial charge in [0.25, 0.3) is 0 Å². The molecule has 1 amide bonds. The third-order valence-corrected chi connectivity index (χ3v) is 4.65. The molecule has 1 atom stereocenters. The number of hydrogen-bond acceptors (Lipinski definition) is 5. The van der Waals surface area contributed by atoms with Crippen LogP contribution in [-0.4, -0.2) is 40.3 Å². The molecule has 1 unspecified atom stereocenters. The normalized spacial score (nSPS) is 14.9. The molecule has 0 aromatic carbocycles. The van der Waals surface area contributed by atoms with Crippen LogP contribution in [0.25, 0.3) is 11.4 Å². The smallest absolute Gasteiger partial charge is 0.407 e. The number of H-pyrrole nitrogens is 1. The molecule has 2 N–H and O–H groups in total. The van der Waals surface area contributed by atoms with Crippen LogP contribution >= 0.6 is 0 Å². The van der Waals surface area contributed by atoms with Crippen LogP contribution in [-0.2, 0) is 15.9 Å². The number of ether oxygens (including phenoxy) is 2. The van der Waals surface area contributed by atoms with Gasteiger partial charge in [-0.1, -0.05) is 6.07 Å². The van der Waals surface area contributed by atoms with Crippen LogP contribution < -0.4 is 5.32 Å². The van der Waals surface area contributed by atoms with Crippen LogP contribution in [0.1, 0.15) is 56.6 Å². The summed E-state index contributed by atoms with van der Waals surface area (Å²) < 4.78 is 10.6. The van der Waals surface area contributed by atoms with E-state index in [2.05, 4.69) is 15.3 Å². The molecule has 1 saturated carbocycles. The minimum atomic E-state index is -0.563. The standard InChI is InChI=1S/C22H29N3O4/c1-5-28-20(26)15-12-19(16-8-6-7-11-23-16)24-18(15)13-17(14-9-10-14)25-21(27)29-22(2,3)4/h6-8,11-12,14,17,24H,5,9-10,13H2,1-4H3,(H,25,27). The summed E-state index contributed by atoms with van der Waals surface area (Å²) in [6.45, 7) is 7.58. The van der Waals surface area contributed by atoms with E-state index in [1.54, 1.807) is 19.2 Å². The number of alkyl carbamates (subject to hydrolysis) is 1. The van der Waals surface area contributed by atoms with E-state index in [1.165, 1.54) is 0 Å². The zero-order valence-electron chi connectivity index (χ0n) is 17.5. The molecule has 0 radical (unpaired) electrons. The molecule has 0 aliphatic heterocycles. The van der Waals surface area contributed by atoms with Gasteiger partial charge in [0.1, 0.15) is 5.60 Å². The maximum absolute atomic E-state index is 12.5. The van der Waals surface area contributed by atoms with Crippen molar-refractivity contribution in [1.82, 2.24) is 15.3 Å². The highest BCUT2D eigenvalue weighted by molar-refractivity contribution is 5.92. The van der Waals surface area contributed by atoms with E-state index in [0.29, 0.717) is 24.5 Å². The highest BCUT2D eigenvalue weighted by atomic mass is 16.6. The molecule has 7 heteroatoms. The molecule has 3 rings (SSSR count). The Morgan fingerprint density at radius 3 is 2.66 bits per heavy atom. The summed E-state index contributed by atoms with van der Waals surface area (Å²) in [5.41, 5.74) is 2.14. The minimum absolute atomic E-state index is 0.117. The van der Waals surface area contributed by atoms with Crippen LogP contribution in [0.15, 0.2) is 30.5 Å². The number of nitrogens with zero attached hydrogens (tertiary/aromatic N) is 1. The lowest BCUT2D eigenvalue weighted by Crippen LogP contribution is -2.41. The third-order valence-electron chi connectivity index (χ3n) is 4.65. The summed E-state index contributed by atoms with van der Waals surface area (Å²) in [4.78, 5) is 32.5. The summed E-state index contributed by atoms with van der Waals surface area (Å²) >= 11 is 0. The quantitative estimate of drug-likeness (QED) is 0.684. The molecule has 29 heavy (non-hydrogen) atoms. The number of pyridine rings is 1. The fourth-order valence-electron chi connectivity index (χ4n) is 3.22. The Bertz CT molecular complexity index is 851. The molecule has 1 fully saturated rings. The van der Waals surface area contributed by atoms with Crippen molar-refractivity contribution >= 4 is 12.1 Å². The van der Waals surface area contributed by atoms with Crippen molar-refractivity contribution in [1.29, 1.82) is 0 Å². The lowest BCUT2D eigenvalue weighted by atomic mass is 10.0. The van der Waals surface area contributed by atoms with Crippen molar-refractivity contribution < 1.29 is 19.1 Å². The Kier molecular flexibility index (Phi) is 6.25. The molecule has 1 aliphatic rings. The van der Waals surface area contributed by atoms with Gasteiger partial charge < -0.3 is 19.8 Å². The number of nitrogens with one attached hydrogen (secondary N) is 2. The second-order valence-corrected chi connectivity index (χ2v) is 8.30. The lowest BCUT2D eigenvalue weighted by Gasteiger charge is -2.23. The van der Waals surface area contributed by atoms with Crippen molar-refractivity contribution in [3.63, 3.8) is 0 Å². The Morgan fingerprint density at radius 1 is 1.31 bits per heavy atom. The molecule has 2 aromatic rings. The maximum Gasteiger partial charge on any atom is 0.407 e. The van der Waals surface area contributed by atoms with E-state index < -0.39 is 11.7 Å². The molecule has 7 nitrogen and oxygen atoms in total. The summed E-state index contributed by atoms with van der Waals surface area (Å²) in [6.07, 6.45) is 3.84. The molecule has 0 spiro atoms. The molecule has 0 saturated heterocycles. The average molecular weight is 399 g/mol. The van der Waals surface area contributed by atoms with E-state index in [0.717, 1.165) is 29.9 Å². The zero-order chi connectivity index (χ0) is 21.0. The van der Waals surface area contributed by atoms with E-state index in [1.807, 2.05) is 39.0 Å². The topological polar surface area (TPSA) is 93.3 Å². The number of esters is 1. The summed E-state index contributed by atoms with van der Waals surface area (Å²) in [5, 5.41) is 2.98. The number of carbonyl (C=O) groups is 2. The van der Waals surface area contributed by atoms with Crippen molar-refractivity contribution in [2.75, 3.05) is 6.61 Å². The SMILES string of the molecule is CCOC(=O)c1cc(-c2ccccn2)[nH]c1CC(NC(=O)OC(C)(C)C)C1CC1. The van der Waals surface area contributed by atoms with Gasteiger partial charge in [-0.05, 0) is 64.7 Å².